The van der Waals surface area contributed by atoms with Crippen molar-refractivity contribution in [3.63, 3.8) is 0 Å². The Kier molecular flexibility index (Phi) is 1.28. The zero-order valence-corrected chi connectivity index (χ0v) is 5.74. The first-order chi connectivity index (χ1) is 5.38. The number of azo groups is 1. The van der Waals surface area contributed by atoms with Crippen molar-refractivity contribution < 1.29 is 4.79 Å². The van der Waals surface area contributed by atoms with E-state index in [4.69, 9.17) is 0 Å². The van der Waals surface area contributed by atoms with Gasteiger partial charge < -0.3 is 0 Å². The van der Waals surface area contributed by atoms with Gasteiger partial charge in [0.15, 0.2) is 0 Å². The molecule has 1 aromatic rings. The number of amides is 1. The molecular formula is C8H5N2O. The molecule has 0 fully saturated rings. The zero-order chi connectivity index (χ0) is 7.68. The van der Waals surface area contributed by atoms with E-state index >= 15 is 0 Å². The maximum absolute atomic E-state index is 11.0. The van der Waals surface area contributed by atoms with Crippen LogP contribution >= 0.6 is 0 Å². The lowest BCUT2D eigenvalue weighted by atomic mass is 10.1. The van der Waals surface area contributed by atoms with E-state index in [9.17, 15) is 4.79 Å². The molecule has 0 bridgehead atoms. The van der Waals surface area contributed by atoms with Gasteiger partial charge in [0.05, 0.1) is 6.54 Å². The predicted octanol–water partition coefficient (Wildman–Crippen LogP) is 1.59. The summed E-state index contributed by atoms with van der Waals surface area (Å²) in [5, 5.41) is 7.08. The summed E-state index contributed by atoms with van der Waals surface area (Å²) < 4.78 is 0. The fourth-order valence-corrected chi connectivity index (χ4v) is 1.03. The highest BCUT2D eigenvalue weighted by Gasteiger charge is 2.13. The smallest absolute Gasteiger partial charge is 0.265 e. The molecule has 11 heavy (non-hydrogen) atoms. The van der Waals surface area contributed by atoms with Crippen molar-refractivity contribution in [1.29, 1.82) is 0 Å². The van der Waals surface area contributed by atoms with Gasteiger partial charge in [0, 0.05) is 5.56 Å². The highest BCUT2D eigenvalue weighted by atomic mass is 16.1. The maximum atomic E-state index is 11.0. The van der Waals surface area contributed by atoms with Crippen molar-refractivity contribution >= 4 is 5.91 Å². The first-order valence-electron chi connectivity index (χ1n) is 3.29. The molecule has 1 aliphatic rings. The average Bonchev–Trinajstić information content (AvgIpc) is 2.06. The summed E-state index contributed by atoms with van der Waals surface area (Å²) in [5.74, 6) is -0.261. The molecule has 0 saturated heterocycles. The molecule has 0 atom stereocenters. The van der Waals surface area contributed by atoms with Crippen LogP contribution in [0.15, 0.2) is 28.4 Å². The Morgan fingerprint density at radius 2 is 2.45 bits per heavy atom. The molecule has 1 aromatic carbocycles. The molecule has 0 unspecified atom stereocenters. The Hall–Kier alpha value is -1.51. The average molecular weight is 145 g/mol. The quantitative estimate of drug-likeness (QED) is 0.546. The molecule has 53 valence electrons. The minimum absolute atomic E-state index is 0.261. The number of carbonyl (C=O) groups excluding carboxylic acids is 1. The van der Waals surface area contributed by atoms with Crippen LogP contribution in [0.3, 0.4) is 0 Å². The second-order valence-corrected chi connectivity index (χ2v) is 2.27. The number of rotatable bonds is 0. The number of benzene rings is 1. The lowest BCUT2D eigenvalue weighted by molar-refractivity contribution is 0.0988. The number of hydrogen-bond donors (Lipinski definition) is 0. The lowest BCUT2D eigenvalue weighted by Gasteiger charge is -2.05. The molecule has 1 amide bonds. The largest absolute Gasteiger partial charge is 0.295 e. The van der Waals surface area contributed by atoms with E-state index < -0.39 is 0 Å². The summed E-state index contributed by atoms with van der Waals surface area (Å²) in [6.45, 7) is 0.474. The fourth-order valence-electron chi connectivity index (χ4n) is 1.03. The number of hydrogen-bond acceptors (Lipinski definition) is 2. The van der Waals surface area contributed by atoms with E-state index in [1.54, 1.807) is 18.2 Å². The van der Waals surface area contributed by atoms with Crippen LogP contribution < -0.4 is 0 Å². The standard InChI is InChI=1S/C8H5N2O/c11-8-7-4-2-1-3-6(7)5-9-10-8/h1-2,4H,5H2. The number of fused-ring (bicyclic) bond motifs is 1. The van der Waals surface area contributed by atoms with Gasteiger partial charge in [-0.25, -0.2) is 0 Å². The topological polar surface area (TPSA) is 41.8 Å². The second kappa shape index (κ2) is 2.27. The zero-order valence-electron chi connectivity index (χ0n) is 5.74. The molecule has 3 nitrogen and oxygen atoms in total. The summed E-state index contributed by atoms with van der Waals surface area (Å²) in [6.07, 6.45) is 0. The first-order valence-corrected chi connectivity index (χ1v) is 3.29. The minimum atomic E-state index is -0.261. The van der Waals surface area contributed by atoms with E-state index in [1.165, 1.54) is 0 Å². The summed E-state index contributed by atoms with van der Waals surface area (Å²) in [4.78, 5) is 11.0. The SMILES string of the molecule is O=C1N=NCc2[c]cccc21. The minimum Gasteiger partial charge on any atom is -0.265 e. The van der Waals surface area contributed by atoms with Crippen molar-refractivity contribution in [1.82, 2.24) is 0 Å². The number of nitrogens with zero attached hydrogens (tertiary/aromatic N) is 2. The van der Waals surface area contributed by atoms with Gasteiger partial charge in [-0.3, -0.25) is 4.79 Å². The molecule has 0 spiro atoms. The summed E-state index contributed by atoms with van der Waals surface area (Å²) >= 11 is 0. The number of carbonyl (C=O) groups is 1. The van der Waals surface area contributed by atoms with Crippen LogP contribution in [0, 0.1) is 6.07 Å². The summed E-state index contributed by atoms with van der Waals surface area (Å²) in [5.41, 5.74) is 1.47. The van der Waals surface area contributed by atoms with Crippen LogP contribution in [0.5, 0.6) is 0 Å². The van der Waals surface area contributed by atoms with E-state index in [2.05, 4.69) is 16.3 Å². The van der Waals surface area contributed by atoms with Crippen LogP contribution in [0.2, 0.25) is 0 Å². The van der Waals surface area contributed by atoms with Crippen molar-refractivity contribution in [2.24, 2.45) is 10.2 Å². The third-order valence-corrected chi connectivity index (χ3v) is 1.56. The van der Waals surface area contributed by atoms with Crippen LogP contribution in [-0.2, 0) is 6.54 Å². The van der Waals surface area contributed by atoms with Crippen molar-refractivity contribution in [3.8, 4) is 0 Å². The van der Waals surface area contributed by atoms with Gasteiger partial charge in [0.1, 0.15) is 0 Å². The van der Waals surface area contributed by atoms with Gasteiger partial charge in [0.2, 0.25) is 0 Å². The van der Waals surface area contributed by atoms with Crippen LogP contribution in [0.25, 0.3) is 0 Å². The Bertz CT molecular complexity index is 331. The summed E-state index contributed by atoms with van der Waals surface area (Å²) in [6, 6.07) is 8.23. The lowest BCUT2D eigenvalue weighted by Crippen LogP contribution is -2.04. The van der Waals surface area contributed by atoms with E-state index in [0.29, 0.717) is 12.1 Å². The molecule has 1 aliphatic heterocycles. The molecule has 1 radical (unpaired) electrons. The van der Waals surface area contributed by atoms with Crippen molar-refractivity contribution in [2.75, 3.05) is 0 Å². The monoisotopic (exact) mass is 145 g/mol. The molecule has 3 heteroatoms. The third kappa shape index (κ3) is 0.941. The van der Waals surface area contributed by atoms with Gasteiger partial charge in [-0.05, 0) is 17.7 Å². The van der Waals surface area contributed by atoms with Gasteiger partial charge in [0.25, 0.3) is 5.91 Å². The van der Waals surface area contributed by atoms with Crippen LogP contribution in [-0.4, -0.2) is 5.91 Å². The van der Waals surface area contributed by atoms with E-state index in [0.717, 1.165) is 5.56 Å². The van der Waals surface area contributed by atoms with Gasteiger partial charge >= 0.3 is 0 Å². The molecular weight excluding hydrogens is 140 g/mol. The van der Waals surface area contributed by atoms with E-state index in [-0.39, 0.29) is 5.91 Å². The molecule has 0 N–H and O–H groups in total. The third-order valence-electron chi connectivity index (χ3n) is 1.56. The summed E-state index contributed by atoms with van der Waals surface area (Å²) in [7, 11) is 0. The van der Waals surface area contributed by atoms with Gasteiger partial charge in [-0.15, -0.1) is 5.11 Å². The molecule has 1 heterocycles. The highest BCUT2D eigenvalue weighted by Crippen LogP contribution is 2.15. The van der Waals surface area contributed by atoms with Crippen molar-refractivity contribution in [2.45, 2.75) is 6.54 Å². The maximum Gasteiger partial charge on any atom is 0.295 e. The first kappa shape index (κ1) is 6.22. The molecule has 0 aromatic heterocycles. The molecule has 0 saturated carbocycles. The Morgan fingerprint density at radius 3 is 3.27 bits per heavy atom. The van der Waals surface area contributed by atoms with Crippen LogP contribution in [0.4, 0.5) is 0 Å². The van der Waals surface area contributed by atoms with Gasteiger partial charge in [-0.1, -0.05) is 12.1 Å². The second-order valence-electron chi connectivity index (χ2n) is 2.27. The van der Waals surface area contributed by atoms with Gasteiger partial charge in [-0.2, -0.15) is 5.11 Å². The van der Waals surface area contributed by atoms with Crippen LogP contribution in [0.1, 0.15) is 15.9 Å². The Balaban J connectivity index is 2.59. The Morgan fingerprint density at radius 1 is 1.55 bits per heavy atom. The molecule has 0 aliphatic carbocycles. The Labute approximate surface area is 63.8 Å². The molecule has 2 rings (SSSR count). The highest BCUT2D eigenvalue weighted by molar-refractivity contribution is 5.96. The predicted molar refractivity (Wildman–Crippen MR) is 38.2 cm³/mol. The normalized spacial score (nSPS) is 14.7. The fraction of sp³-hybridized carbons (Fsp3) is 0.125. The van der Waals surface area contributed by atoms with E-state index in [1.807, 2.05) is 0 Å². The van der Waals surface area contributed by atoms with Crippen molar-refractivity contribution in [3.05, 3.63) is 35.4 Å².